The van der Waals surface area contributed by atoms with Gasteiger partial charge in [0.05, 0.1) is 16.9 Å². The van der Waals surface area contributed by atoms with E-state index in [1.807, 2.05) is 0 Å². The second kappa shape index (κ2) is 5.96. The van der Waals surface area contributed by atoms with Crippen LogP contribution in [0.5, 0.6) is 0 Å². The summed E-state index contributed by atoms with van der Waals surface area (Å²) in [5, 5.41) is 19.7. The van der Waals surface area contributed by atoms with Crippen molar-refractivity contribution >= 4 is 11.4 Å². The van der Waals surface area contributed by atoms with Crippen LogP contribution < -0.4 is 4.90 Å². The quantitative estimate of drug-likeness (QED) is 0.596. The van der Waals surface area contributed by atoms with Gasteiger partial charge in [-0.25, -0.2) is 0 Å². The van der Waals surface area contributed by atoms with Gasteiger partial charge < -0.3 is 4.90 Å². The maximum atomic E-state index is 13.5. The van der Waals surface area contributed by atoms with Gasteiger partial charge >= 0.3 is 5.69 Å². The molecule has 0 N–H and O–H groups in total. The summed E-state index contributed by atoms with van der Waals surface area (Å²) < 4.78 is 13.5. The second-order valence-electron chi connectivity index (χ2n) is 3.93. The number of benzene rings is 1. The summed E-state index contributed by atoms with van der Waals surface area (Å²) in [6, 6.07) is 6.04. The molecule has 0 fully saturated rings. The normalized spacial score (nSPS) is 11.7. The average molecular weight is 251 g/mol. The first-order valence-corrected chi connectivity index (χ1v) is 5.58. The van der Waals surface area contributed by atoms with Gasteiger partial charge in [0.1, 0.15) is 5.69 Å². The Hall–Kier alpha value is -2.16. The molecule has 0 radical (unpaired) electrons. The lowest BCUT2D eigenvalue weighted by Crippen LogP contribution is -2.28. The van der Waals surface area contributed by atoms with E-state index in [0.29, 0.717) is 13.1 Å². The summed E-state index contributed by atoms with van der Waals surface area (Å²) in [5.41, 5.74) is -0.325. The molecule has 1 aromatic carbocycles. The smallest absolute Gasteiger partial charge is 0.327 e. The van der Waals surface area contributed by atoms with E-state index in [9.17, 15) is 14.5 Å². The summed E-state index contributed by atoms with van der Waals surface area (Å²) in [5.74, 6) is -1.15. The summed E-state index contributed by atoms with van der Waals surface area (Å²) in [4.78, 5) is 11.8. The average Bonchev–Trinajstić information content (AvgIpc) is 2.34. The predicted molar refractivity (Wildman–Crippen MR) is 65.7 cm³/mol. The number of hydrogen-bond acceptors (Lipinski definition) is 4. The number of nitrogens with zero attached hydrogens (tertiary/aromatic N) is 3. The molecule has 6 heteroatoms. The maximum absolute atomic E-state index is 13.5. The Labute approximate surface area is 105 Å². The first-order valence-electron chi connectivity index (χ1n) is 5.58. The van der Waals surface area contributed by atoms with Crippen LogP contribution in [0.4, 0.5) is 15.8 Å². The molecule has 0 aliphatic carbocycles. The van der Waals surface area contributed by atoms with Gasteiger partial charge in [0, 0.05) is 13.1 Å². The molecule has 18 heavy (non-hydrogen) atoms. The summed E-state index contributed by atoms with van der Waals surface area (Å²) in [6.07, 6.45) is 0. The van der Waals surface area contributed by atoms with Crippen LogP contribution in [0, 0.1) is 33.2 Å². The van der Waals surface area contributed by atoms with Gasteiger partial charge in [-0.15, -0.1) is 0 Å². The summed E-state index contributed by atoms with van der Waals surface area (Å²) >= 11 is 0. The van der Waals surface area contributed by atoms with E-state index in [4.69, 9.17) is 5.26 Å². The summed E-state index contributed by atoms with van der Waals surface area (Å²) in [7, 11) is 0. The third-order valence-corrected chi connectivity index (χ3v) is 2.59. The second-order valence-corrected chi connectivity index (χ2v) is 3.93. The molecule has 0 aromatic heterocycles. The number of para-hydroxylation sites is 1. The largest absolute Gasteiger partial charge is 0.365 e. The van der Waals surface area contributed by atoms with Gasteiger partial charge in [0.2, 0.25) is 5.82 Å². The summed E-state index contributed by atoms with van der Waals surface area (Å²) in [6.45, 7) is 4.32. The number of hydrogen-bond donors (Lipinski definition) is 0. The van der Waals surface area contributed by atoms with Crippen molar-refractivity contribution in [3.63, 3.8) is 0 Å². The Balaban J connectivity index is 3.18. The third kappa shape index (κ3) is 2.94. The molecule has 1 atom stereocenters. The number of rotatable bonds is 5. The fourth-order valence-electron chi connectivity index (χ4n) is 1.71. The highest BCUT2D eigenvalue weighted by molar-refractivity contribution is 5.63. The highest BCUT2D eigenvalue weighted by Crippen LogP contribution is 2.30. The Bertz CT molecular complexity index is 485. The number of anilines is 1. The molecule has 0 aliphatic rings. The zero-order valence-corrected chi connectivity index (χ0v) is 10.3. The van der Waals surface area contributed by atoms with Crippen molar-refractivity contribution < 1.29 is 9.31 Å². The van der Waals surface area contributed by atoms with Crippen LogP contribution in [0.3, 0.4) is 0 Å². The molecule has 0 amide bonds. The first-order chi connectivity index (χ1) is 8.51. The van der Waals surface area contributed by atoms with Crippen LogP contribution in [-0.2, 0) is 0 Å². The van der Waals surface area contributed by atoms with Crippen LogP contribution in [0.1, 0.15) is 13.8 Å². The van der Waals surface area contributed by atoms with Crippen LogP contribution in [0.25, 0.3) is 0 Å². The Morgan fingerprint density at radius 2 is 2.28 bits per heavy atom. The Morgan fingerprint density at radius 1 is 1.61 bits per heavy atom. The SMILES string of the molecule is CCN(CC(C)C#N)c1cccc(F)c1[N+](=O)[O-]. The maximum Gasteiger partial charge on any atom is 0.327 e. The van der Waals surface area contributed by atoms with Crippen molar-refractivity contribution in [2.75, 3.05) is 18.0 Å². The number of halogens is 1. The molecule has 0 aliphatic heterocycles. The van der Waals surface area contributed by atoms with Crippen molar-refractivity contribution in [1.82, 2.24) is 0 Å². The van der Waals surface area contributed by atoms with Crippen LogP contribution in [0.2, 0.25) is 0 Å². The molecule has 0 saturated carbocycles. The van der Waals surface area contributed by atoms with Gasteiger partial charge in [-0.3, -0.25) is 10.1 Å². The van der Waals surface area contributed by atoms with Crippen molar-refractivity contribution in [2.45, 2.75) is 13.8 Å². The van der Waals surface area contributed by atoms with E-state index >= 15 is 0 Å². The molecule has 0 spiro atoms. The standard InChI is InChI=1S/C12H14FN3O2/c1-3-15(8-9(2)7-14)11-6-4-5-10(13)12(11)16(17)18/h4-6,9H,3,8H2,1-2H3. The Kier molecular flexibility index (Phi) is 4.60. The zero-order valence-electron chi connectivity index (χ0n) is 10.3. The molecule has 1 aromatic rings. The van der Waals surface area contributed by atoms with Gasteiger partial charge in [0.25, 0.3) is 0 Å². The van der Waals surface area contributed by atoms with Gasteiger partial charge in [-0.05, 0) is 26.0 Å². The van der Waals surface area contributed by atoms with E-state index in [1.165, 1.54) is 12.1 Å². The van der Waals surface area contributed by atoms with Gasteiger partial charge in [-0.1, -0.05) is 6.07 Å². The van der Waals surface area contributed by atoms with E-state index in [0.717, 1.165) is 6.07 Å². The van der Waals surface area contributed by atoms with Crippen molar-refractivity contribution in [3.8, 4) is 6.07 Å². The fourth-order valence-corrected chi connectivity index (χ4v) is 1.71. The molecule has 5 nitrogen and oxygen atoms in total. The minimum Gasteiger partial charge on any atom is -0.365 e. The molecule has 0 heterocycles. The predicted octanol–water partition coefficient (Wildman–Crippen LogP) is 2.72. The number of nitro benzene ring substituents is 1. The van der Waals surface area contributed by atoms with Crippen molar-refractivity contribution in [2.24, 2.45) is 5.92 Å². The molecule has 0 bridgehead atoms. The minimum absolute atomic E-state index is 0.213. The molecule has 1 unspecified atom stereocenters. The van der Waals surface area contributed by atoms with Crippen LogP contribution in [-0.4, -0.2) is 18.0 Å². The topological polar surface area (TPSA) is 70.2 Å². The van der Waals surface area contributed by atoms with Gasteiger partial charge in [-0.2, -0.15) is 9.65 Å². The minimum atomic E-state index is -0.861. The van der Waals surface area contributed by atoms with E-state index in [1.54, 1.807) is 18.7 Å². The first kappa shape index (κ1) is 13.9. The van der Waals surface area contributed by atoms with E-state index in [2.05, 4.69) is 6.07 Å². The lowest BCUT2D eigenvalue weighted by Gasteiger charge is -2.23. The molecule has 96 valence electrons. The zero-order chi connectivity index (χ0) is 13.7. The lowest BCUT2D eigenvalue weighted by molar-refractivity contribution is -0.386. The number of nitro groups is 1. The highest BCUT2D eigenvalue weighted by Gasteiger charge is 2.24. The van der Waals surface area contributed by atoms with Crippen LogP contribution >= 0.6 is 0 Å². The van der Waals surface area contributed by atoms with Crippen molar-refractivity contribution in [3.05, 3.63) is 34.1 Å². The van der Waals surface area contributed by atoms with Crippen LogP contribution in [0.15, 0.2) is 18.2 Å². The monoisotopic (exact) mass is 251 g/mol. The highest BCUT2D eigenvalue weighted by atomic mass is 19.1. The van der Waals surface area contributed by atoms with Gasteiger partial charge in [0.15, 0.2) is 0 Å². The Morgan fingerprint density at radius 3 is 2.78 bits per heavy atom. The molecular weight excluding hydrogens is 237 g/mol. The third-order valence-electron chi connectivity index (χ3n) is 2.59. The molecular formula is C12H14FN3O2. The van der Waals surface area contributed by atoms with Crippen molar-refractivity contribution in [1.29, 1.82) is 5.26 Å². The van der Waals surface area contributed by atoms with E-state index < -0.39 is 16.4 Å². The van der Waals surface area contributed by atoms with E-state index in [-0.39, 0.29) is 11.6 Å². The number of nitriles is 1. The molecule has 0 saturated heterocycles. The fraction of sp³-hybridized carbons (Fsp3) is 0.417. The molecule has 1 rings (SSSR count). The lowest BCUT2D eigenvalue weighted by atomic mass is 10.1.